The van der Waals surface area contributed by atoms with Crippen LogP contribution in [0.4, 0.5) is 0 Å². The van der Waals surface area contributed by atoms with Crippen LogP contribution < -0.4 is 19.8 Å². The minimum atomic E-state index is -0.515. The van der Waals surface area contributed by atoms with E-state index in [1.54, 1.807) is 27.8 Å². The molecule has 0 aliphatic heterocycles. The number of amides is 1. The van der Waals surface area contributed by atoms with Crippen molar-refractivity contribution in [2.75, 3.05) is 14.2 Å². The summed E-state index contributed by atoms with van der Waals surface area (Å²) in [6.45, 7) is 0.103. The Hall–Kier alpha value is -3.55. The number of hydrogen-bond acceptors (Lipinski definition) is 5. The van der Waals surface area contributed by atoms with Gasteiger partial charge >= 0.3 is 11.3 Å². The fourth-order valence-electron chi connectivity index (χ4n) is 3.33. The Bertz CT molecular complexity index is 1050. The van der Waals surface area contributed by atoms with Crippen LogP contribution in [0.25, 0.3) is 5.69 Å². The number of rotatable bonds is 7. The van der Waals surface area contributed by atoms with Crippen LogP contribution in [0.2, 0.25) is 0 Å². The summed E-state index contributed by atoms with van der Waals surface area (Å²) in [6.07, 6.45) is 1.76. The van der Waals surface area contributed by atoms with E-state index in [0.717, 1.165) is 18.5 Å². The third-order valence-electron chi connectivity index (χ3n) is 4.96. The Labute approximate surface area is 167 Å². The molecule has 3 aromatic rings. The highest BCUT2D eigenvalue weighted by atomic mass is 16.5. The largest absolute Gasteiger partial charge is 0.496 e. The lowest BCUT2D eigenvalue weighted by molar-refractivity contribution is -0.678. The normalized spacial score (nSPS) is 13.2. The third-order valence-corrected chi connectivity index (χ3v) is 4.96. The fourth-order valence-corrected chi connectivity index (χ4v) is 3.33. The predicted molar refractivity (Wildman–Crippen MR) is 103 cm³/mol. The van der Waals surface area contributed by atoms with E-state index >= 15 is 0 Å². The Morgan fingerprint density at radius 3 is 2.34 bits per heavy atom. The lowest BCUT2D eigenvalue weighted by Gasteiger charge is -2.22. The number of aromatic nitrogens is 2. The number of aromatic amines is 1. The standard InChI is InChI=1S/C21H21N3O5/c1-27-17-9-6-10-18(28-2)19(17)20(25)23(14-11-12-14)13-16-21(26)29-22-24(16)15-7-4-3-5-8-15/h3-10,14H,11-13H2,1-2H3/p+1. The Kier molecular flexibility index (Phi) is 5.07. The first-order valence-electron chi connectivity index (χ1n) is 9.33. The van der Waals surface area contributed by atoms with Crippen molar-refractivity contribution < 1.29 is 23.5 Å². The molecular formula is C21H22N3O5+. The van der Waals surface area contributed by atoms with Crippen molar-refractivity contribution in [1.82, 2.24) is 10.2 Å². The molecule has 29 heavy (non-hydrogen) atoms. The monoisotopic (exact) mass is 396 g/mol. The van der Waals surface area contributed by atoms with E-state index in [1.807, 2.05) is 30.3 Å². The molecule has 150 valence electrons. The van der Waals surface area contributed by atoms with Crippen LogP contribution >= 0.6 is 0 Å². The average Bonchev–Trinajstić information content (AvgIpc) is 3.54. The molecule has 0 bridgehead atoms. The van der Waals surface area contributed by atoms with Gasteiger partial charge in [-0.25, -0.2) is 4.79 Å². The smallest absolute Gasteiger partial charge is 0.432 e. The van der Waals surface area contributed by atoms with Gasteiger partial charge in [0.1, 0.15) is 23.6 Å². The van der Waals surface area contributed by atoms with Crippen molar-refractivity contribution in [3.8, 4) is 17.2 Å². The zero-order valence-corrected chi connectivity index (χ0v) is 16.3. The van der Waals surface area contributed by atoms with Crippen LogP contribution in [0.3, 0.4) is 0 Å². The van der Waals surface area contributed by atoms with Gasteiger partial charge in [-0.3, -0.25) is 9.32 Å². The van der Waals surface area contributed by atoms with Crippen molar-refractivity contribution in [2.24, 2.45) is 0 Å². The summed E-state index contributed by atoms with van der Waals surface area (Å²) in [6, 6.07) is 14.6. The molecule has 4 rings (SSSR count). The van der Waals surface area contributed by atoms with Gasteiger partial charge in [0.05, 0.1) is 14.2 Å². The molecule has 1 amide bonds. The maximum atomic E-state index is 13.5. The van der Waals surface area contributed by atoms with Gasteiger partial charge in [-0.15, -0.1) is 0 Å². The summed E-state index contributed by atoms with van der Waals surface area (Å²) in [4.78, 5) is 27.6. The molecule has 1 aliphatic carbocycles. The van der Waals surface area contributed by atoms with Crippen LogP contribution in [0.15, 0.2) is 57.8 Å². The van der Waals surface area contributed by atoms with E-state index in [9.17, 15) is 9.59 Å². The van der Waals surface area contributed by atoms with Gasteiger partial charge in [0.15, 0.2) is 0 Å². The number of para-hydroxylation sites is 1. The zero-order chi connectivity index (χ0) is 20.4. The van der Waals surface area contributed by atoms with Gasteiger partial charge < -0.3 is 14.4 Å². The van der Waals surface area contributed by atoms with E-state index in [1.165, 1.54) is 14.2 Å². The molecule has 8 heteroatoms. The molecule has 0 saturated heterocycles. The maximum absolute atomic E-state index is 13.5. The van der Waals surface area contributed by atoms with Crippen molar-refractivity contribution in [3.63, 3.8) is 0 Å². The molecular weight excluding hydrogens is 374 g/mol. The van der Waals surface area contributed by atoms with Crippen LogP contribution in [-0.4, -0.2) is 36.3 Å². The molecule has 1 heterocycles. The topological polar surface area (TPSA) is 88.7 Å². The van der Waals surface area contributed by atoms with Gasteiger partial charge in [0, 0.05) is 18.2 Å². The van der Waals surface area contributed by atoms with Crippen LogP contribution in [0.1, 0.15) is 28.9 Å². The molecule has 0 unspecified atom stereocenters. The minimum absolute atomic E-state index is 0.0515. The second-order valence-corrected chi connectivity index (χ2v) is 6.80. The number of benzene rings is 2. The van der Waals surface area contributed by atoms with E-state index in [-0.39, 0.29) is 18.5 Å². The second kappa shape index (κ2) is 7.83. The number of H-pyrrole nitrogens is 1. The predicted octanol–water partition coefficient (Wildman–Crippen LogP) is 2.07. The van der Waals surface area contributed by atoms with E-state index in [0.29, 0.717) is 22.8 Å². The molecule has 1 N–H and O–H groups in total. The summed E-state index contributed by atoms with van der Waals surface area (Å²) in [5, 5.41) is 2.62. The number of carbonyl (C=O) groups is 1. The fraction of sp³-hybridized carbons (Fsp3) is 0.286. The highest BCUT2D eigenvalue weighted by Gasteiger charge is 2.39. The number of nitrogens with zero attached hydrogens (tertiary/aromatic N) is 2. The molecule has 0 spiro atoms. The summed E-state index contributed by atoms with van der Waals surface area (Å²) < 4.78 is 17.4. The number of methoxy groups -OCH3 is 2. The van der Waals surface area contributed by atoms with Gasteiger partial charge in [-0.1, -0.05) is 24.3 Å². The van der Waals surface area contributed by atoms with E-state index < -0.39 is 5.63 Å². The molecule has 1 saturated carbocycles. The first-order chi connectivity index (χ1) is 14.1. The molecule has 1 fully saturated rings. The molecule has 8 nitrogen and oxygen atoms in total. The molecule has 0 atom stereocenters. The van der Waals surface area contributed by atoms with Crippen molar-refractivity contribution in [2.45, 2.75) is 25.4 Å². The quantitative estimate of drug-likeness (QED) is 0.618. The Morgan fingerprint density at radius 2 is 1.76 bits per heavy atom. The zero-order valence-electron chi connectivity index (χ0n) is 16.3. The van der Waals surface area contributed by atoms with E-state index in [4.69, 9.17) is 14.0 Å². The molecule has 2 aromatic carbocycles. The number of hydrogen-bond donors (Lipinski definition) is 1. The number of ether oxygens (including phenoxy) is 2. The maximum Gasteiger partial charge on any atom is 0.432 e. The van der Waals surface area contributed by atoms with Crippen molar-refractivity contribution >= 4 is 5.91 Å². The van der Waals surface area contributed by atoms with E-state index in [2.05, 4.69) is 5.27 Å². The van der Waals surface area contributed by atoms with Gasteiger partial charge in [0.25, 0.3) is 5.91 Å². The summed E-state index contributed by atoms with van der Waals surface area (Å²) in [7, 11) is 3.02. The highest BCUT2D eigenvalue weighted by Crippen LogP contribution is 2.34. The first-order valence-corrected chi connectivity index (χ1v) is 9.33. The Morgan fingerprint density at radius 1 is 1.10 bits per heavy atom. The SMILES string of the molecule is COc1cccc(OC)c1C(=O)N(Cc1c(=O)o[nH][n+]1-c1ccccc1)C1CC1. The molecule has 1 aliphatic rings. The lowest BCUT2D eigenvalue weighted by Crippen LogP contribution is -2.44. The van der Waals surface area contributed by atoms with Gasteiger partial charge in [-0.05, 0) is 34.9 Å². The van der Waals surface area contributed by atoms with Crippen LogP contribution in [-0.2, 0) is 6.54 Å². The summed E-state index contributed by atoms with van der Waals surface area (Å²) in [5.41, 5.74) is 0.909. The van der Waals surface area contributed by atoms with Crippen molar-refractivity contribution in [3.05, 3.63) is 70.2 Å². The first kappa shape index (κ1) is 18.8. The summed E-state index contributed by atoms with van der Waals surface area (Å²) in [5.74, 6) is 0.607. The van der Waals surface area contributed by atoms with Crippen LogP contribution in [0.5, 0.6) is 11.5 Å². The minimum Gasteiger partial charge on any atom is -0.496 e. The molecule has 1 aromatic heterocycles. The molecule has 0 radical (unpaired) electrons. The number of carbonyl (C=O) groups excluding carboxylic acids is 1. The van der Waals surface area contributed by atoms with Crippen LogP contribution in [0, 0.1) is 0 Å². The third kappa shape index (κ3) is 3.61. The second-order valence-electron chi connectivity index (χ2n) is 6.80. The highest BCUT2D eigenvalue weighted by molar-refractivity contribution is 6.00. The van der Waals surface area contributed by atoms with Gasteiger partial charge in [0.2, 0.25) is 5.69 Å². The average molecular weight is 396 g/mol. The summed E-state index contributed by atoms with van der Waals surface area (Å²) >= 11 is 0. The van der Waals surface area contributed by atoms with Crippen molar-refractivity contribution in [1.29, 1.82) is 0 Å². The Balaban J connectivity index is 1.73. The lowest BCUT2D eigenvalue weighted by atomic mass is 10.1. The van der Waals surface area contributed by atoms with Gasteiger partial charge in [-0.2, -0.15) is 0 Å². The number of nitrogens with one attached hydrogen (secondary N) is 1.